The van der Waals surface area contributed by atoms with Crippen LogP contribution < -0.4 is 5.56 Å². The second-order valence-corrected chi connectivity index (χ2v) is 8.12. The lowest BCUT2D eigenvalue weighted by atomic mass is 10.1. The molecule has 2 aromatic rings. The monoisotopic (exact) mass is 412 g/mol. The number of rotatable bonds is 7. The molecule has 1 aliphatic rings. The van der Waals surface area contributed by atoms with Crippen LogP contribution in [0.3, 0.4) is 0 Å². The van der Waals surface area contributed by atoms with Crippen LogP contribution in [0.15, 0.2) is 17.4 Å². The number of fused-ring (bicyclic) bond motifs is 1. The highest BCUT2D eigenvalue weighted by molar-refractivity contribution is 7.51. The van der Waals surface area contributed by atoms with Crippen molar-refractivity contribution in [1.29, 1.82) is 0 Å². The molecule has 5 atom stereocenters. The third kappa shape index (κ3) is 3.89. The second kappa shape index (κ2) is 8.13. The summed E-state index contributed by atoms with van der Waals surface area (Å²) in [7, 11) is -0.926. The number of nitrogens with zero attached hydrogens (tertiary/aromatic N) is 4. The molecule has 2 unspecified atom stereocenters. The molecule has 12 heteroatoms. The first-order chi connectivity index (χ1) is 13.3. The van der Waals surface area contributed by atoms with Gasteiger partial charge in [-0.1, -0.05) is 5.92 Å². The highest BCUT2D eigenvalue weighted by Gasteiger charge is 2.49. The van der Waals surface area contributed by atoms with Crippen molar-refractivity contribution in [1.82, 2.24) is 19.1 Å². The number of ether oxygens (including phenoxy) is 3. The maximum atomic E-state index is 12.5. The van der Waals surface area contributed by atoms with Crippen molar-refractivity contribution in [2.75, 3.05) is 27.5 Å². The van der Waals surface area contributed by atoms with Crippen molar-refractivity contribution < 1.29 is 28.2 Å². The van der Waals surface area contributed by atoms with Gasteiger partial charge in [-0.15, -0.1) is 6.42 Å². The molecular weight excluding hydrogens is 391 g/mol. The van der Waals surface area contributed by atoms with E-state index in [0.717, 1.165) is 6.66 Å². The van der Waals surface area contributed by atoms with Gasteiger partial charge in [0.1, 0.15) is 24.6 Å². The van der Waals surface area contributed by atoms with Gasteiger partial charge in [-0.3, -0.25) is 23.0 Å². The molecule has 3 heterocycles. The van der Waals surface area contributed by atoms with E-state index in [-0.39, 0.29) is 29.9 Å². The van der Waals surface area contributed by atoms with Crippen molar-refractivity contribution in [3.05, 3.63) is 23.0 Å². The Morgan fingerprint density at radius 3 is 2.71 bits per heavy atom. The van der Waals surface area contributed by atoms with E-state index in [9.17, 15) is 14.3 Å². The van der Waals surface area contributed by atoms with Crippen molar-refractivity contribution in [3.8, 4) is 12.3 Å². The highest BCUT2D eigenvalue weighted by atomic mass is 31.2. The molecule has 1 aliphatic heterocycles. The first kappa shape index (κ1) is 20.7. The first-order valence-electron chi connectivity index (χ1n) is 8.32. The fourth-order valence-electron chi connectivity index (χ4n) is 3.18. The van der Waals surface area contributed by atoms with Crippen molar-refractivity contribution >= 4 is 18.8 Å². The maximum absolute atomic E-state index is 12.5. The highest BCUT2D eigenvalue weighted by Crippen LogP contribution is 2.45. The molecule has 28 heavy (non-hydrogen) atoms. The number of hydrogen-bond donors (Lipinski definition) is 1. The maximum Gasteiger partial charge on any atom is 0.325 e. The Balaban J connectivity index is 2.02. The van der Waals surface area contributed by atoms with Gasteiger partial charge in [-0.05, 0) is 0 Å². The van der Waals surface area contributed by atoms with E-state index in [1.165, 1.54) is 36.0 Å². The van der Waals surface area contributed by atoms with Gasteiger partial charge in [0.15, 0.2) is 17.4 Å². The Morgan fingerprint density at radius 1 is 1.36 bits per heavy atom. The minimum atomic E-state index is -3.83. The standard InChI is InChI=1S/C16H21N4O7P/c1-5-6-19-8-18-14-11(15(19)21)17-9-20(14)16-13(25-3)12(27-28(4,22)23)10(26-16)7-24-2/h1,8-10,12-13,16H,6-7H2,2-4H3,(H,22,23)/t10-,12+,13?,16-/m1/s1. The predicted molar refractivity (Wildman–Crippen MR) is 97.8 cm³/mol. The molecule has 0 radical (unpaired) electrons. The lowest BCUT2D eigenvalue weighted by Crippen LogP contribution is -2.37. The molecule has 0 saturated carbocycles. The number of aromatic nitrogens is 4. The molecule has 1 fully saturated rings. The van der Waals surface area contributed by atoms with Gasteiger partial charge in [0.05, 0.1) is 19.5 Å². The van der Waals surface area contributed by atoms with Crippen LogP contribution in [0.4, 0.5) is 0 Å². The summed E-state index contributed by atoms with van der Waals surface area (Å²) in [5.74, 6) is 2.38. The van der Waals surface area contributed by atoms with Gasteiger partial charge in [0, 0.05) is 20.9 Å². The van der Waals surface area contributed by atoms with E-state index >= 15 is 0 Å². The normalized spacial score (nSPS) is 27.0. The zero-order valence-corrected chi connectivity index (χ0v) is 16.5. The van der Waals surface area contributed by atoms with Crippen LogP contribution in [-0.2, 0) is 29.8 Å². The van der Waals surface area contributed by atoms with Gasteiger partial charge >= 0.3 is 7.60 Å². The van der Waals surface area contributed by atoms with E-state index in [4.69, 9.17) is 25.2 Å². The van der Waals surface area contributed by atoms with Gasteiger partial charge in [-0.25, -0.2) is 9.97 Å². The van der Waals surface area contributed by atoms with Crippen LogP contribution in [0.2, 0.25) is 0 Å². The van der Waals surface area contributed by atoms with Gasteiger partial charge in [0.25, 0.3) is 5.56 Å². The van der Waals surface area contributed by atoms with E-state index in [1.54, 1.807) is 0 Å². The molecule has 2 aromatic heterocycles. The lowest BCUT2D eigenvalue weighted by Gasteiger charge is -2.24. The Kier molecular flexibility index (Phi) is 6.00. The SMILES string of the molecule is C#CCn1cnc2c(ncn2[C@@H]2O[C@H](COC)[C@H](OP(C)(=O)O)C2OC)c1=O. The third-order valence-electron chi connectivity index (χ3n) is 4.29. The molecule has 3 rings (SSSR count). The van der Waals surface area contributed by atoms with Gasteiger partial charge < -0.3 is 19.1 Å². The summed E-state index contributed by atoms with van der Waals surface area (Å²) in [6.45, 7) is 1.26. The minimum Gasteiger partial charge on any atom is -0.382 e. The molecule has 0 aliphatic carbocycles. The van der Waals surface area contributed by atoms with Gasteiger partial charge in [-0.2, -0.15) is 0 Å². The summed E-state index contributed by atoms with van der Waals surface area (Å²) in [6.07, 6.45) is 4.84. The molecule has 1 saturated heterocycles. The first-order valence-corrected chi connectivity index (χ1v) is 10.3. The smallest absolute Gasteiger partial charge is 0.325 e. The Bertz CT molecular complexity index is 991. The summed E-state index contributed by atoms with van der Waals surface area (Å²) in [5, 5.41) is 0. The molecule has 0 bridgehead atoms. The van der Waals surface area contributed by atoms with Gasteiger partial charge in [0.2, 0.25) is 0 Å². The van der Waals surface area contributed by atoms with E-state index in [1.807, 2.05) is 0 Å². The van der Waals surface area contributed by atoms with Crippen LogP contribution in [0.1, 0.15) is 6.23 Å². The summed E-state index contributed by atoms with van der Waals surface area (Å²) in [4.78, 5) is 30.5. The van der Waals surface area contributed by atoms with Crippen LogP contribution in [0, 0.1) is 12.3 Å². The quantitative estimate of drug-likeness (QED) is 0.493. The average Bonchev–Trinajstić information content (AvgIpc) is 3.18. The minimum absolute atomic E-state index is 0.0728. The number of imidazole rings is 1. The average molecular weight is 412 g/mol. The summed E-state index contributed by atoms with van der Waals surface area (Å²) >= 11 is 0. The summed E-state index contributed by atoms with van der Waals surface area (Å²) < 4.78 is 36.5. The van der Waals surface area contributed by atoms with E-state index in [0.29, 0.717) is 0 Å². The predicted octanol–water partition coefficient (Wildman–Crippen LogP) is -0.0146. The number of methoxy groups -OCH3 is 2. The Morgan fingerprint density at radius 2 is 2.11 bits per heavy atom. The molecule has 152 valence electrons. The molecular formula is C16H21N4O7P. The van der Waals surface area contributed by atoms with Crippen LogP contribution in [0.25, 0.3) is 11.2 Å². The van der Waals surface area contributed by atoms with Crippen molar-refractivity contribution in [2.24, 2.45) is 0 Å². The van der Waals surface area contributed by atoms with E-state index < -0.39 is 32.1 Å². The van der Waals surface area contributed by atoms with Crippen LogP contribution >= 0.6 is 7.60 Å². The van der Waals surface area contributed by atoms with Crippen molar-refractivity contribution in [3.63, 3.8) is 0 Å². The number of hydrogen-bond acceptors (Lipinski definition) is 8. The lowest BCUT2D eigenvalue weighted by molar-refractivity contribution is -0.0629. The summed E-state index contributed by atoms with van der Waals surface area (Å²) in [6, 6.07) is 0. The fraction of sp³-hybridized carbons (Fsp3) is 0.562. The molecule has 0 amide bonds. The van der Waals surface area contributed by atoms with Crippen LogP contribution in [0.5, 0.6) is 0 Å². The Labute approximate surface area is 160 Å². The zero-order valence-electron chi connectivity index (χ0n) is 15.6. The second-order valence-electron chi connectivity index (χ2n) is 6.30. The Hall–Kier alpha value is -2.06. The van der Waals surface area contributed by atoms with Crippen LogP contribution in [-0.4, -0.2) is 69.8 Å². The third-order valence-corrected chi connectivity index (χ3v) is 4.93. The zero-order chi connectivity index (χ0) is 20.5. The molecule has 0 aromatic carbocycles. The topological polar surface area (TPSA) is 127 Å². The van der Waals surface area contributed by atoms with Crippen molar-refractivity contribution in [2.45, 2.75) is 31.1 Å². The summed E-state index contributed by atoms with van der Waals surface area (Å²) in [5.41, 5.74) is 0.00123. The molecule has 1 N–H and O–H groups in total. The van der Waals surface area contributed by atoms with E-state index in [2.05, 4.69) is 15.9 Å². The number of terminal acetylenes is 1. The largest absolute Gasteiger partial charge is 0.382 e. The molecule has 0 spiro atoms. The fourth-order valence-corrected chi connectivity index (χ4v) is 3.89. The molecule has 11 nitrogen and oxygen atoms in total.